The first-order chi connectivity index (χ1) is 20.8. The third-order valence-corrected chi connectivity index (χ3v) is 12.4. The Balaban J connectivity index is 1.60. The Morgan fingerprint density at radius 2 is 1.56 bits per heavy atom. The highest BCUT2D eigenvalue weighted by atomic mass is 32.2. The summed E-state index contributed by atoms with van der Waals surface area (Å²) < 4.78 is 142. The molecule has 0 bridgehead atoms. The predicted molar refractivity (Wildman–Crippen MR) is 144 cm³/mol. The summed E-state index contributed by atoms with van der Waals surface area (Å²) in [4.78, 5) is 13.0. The van der Waals surface area contributed by atoms with Crippen molar-refractivity contribution in [1.82, 2.24) is 5.32 Å². The van der Waals surface area contributed by atoms with Gasteiger partial charge in [-0.3, -0.25) is 4.79 Å². The van der Waals surface area contributed by atoms with E-state index in [1.165, 1.54) is 6.92 Å². The minimum Gasteiger partial charge on any atom is -0.389 e. The molecule has 0 spiro atoms. The van der Waals surface area contributed by atoms with Crippen LogP contribution in [0, 0.1) is 17.7 Å². The van der Waals surface area contributed by atoms with Crippen LogP contribution < -0.4 is 5.32 Å². The number of aryl methyl sites for hydroxylation is 1. The van der Waals surface area contributed by atoms with Crippen molar-refractivity contribution in [2.24, 2.45) is 11.8 Å². The third-order valence-electron chi connectivity index (χ3n) is 9.87. The van der Waals surface area contributed by atoms with Crippen LogP contribution in [0.3, 0.4) is 0 Å². The molecule has 1 saturated heterocycles. The van der Waals surface area contributed by atoms with Gasteiger partial charge in [0.1, 0.15) is 10.6 Å². The summed E-state index contributed by atoms with van der Waals surface area (Å²) in [7, 11) is -4.54. The van der Waals surface area contributed by atoms with Crippen LogP contribution in [0.15, 0.2) is 47.4 Å². The second-order valence-electron chi connectivity index (χ2n) is 12.1. The molecule has 1 heterocycles. The number of sulfone groups is 1. The molecular weight excluding hydrogens is 638 g/mol. The average Bonchev–Trinajstić information content (AvgIpc) is 3.35. The second-order valence-corrected chi connectivity index (χ2v) is 14.3. The molecule has 2 aromatic carbocycles. The van der Waals surface area contributed by atoms with Crippen molar-refractivity contribution < 1.29 is 58.2 Å². The maximum absolute atomic E-state index is 15.0. The molecule has 6 nitrogen and oxygen atoms in total. The summed E-state index contributed by atoms with van der Waals surface area (Å²) in [6.45, 7) is 2.00. The fourth-order valence-electron chi connectivity index (χ4n) is 7.26. The number of ether oxygens (including phenoxy) is 1. The molecule has 248 valence electrons. The van der Waals surface area contributed by atoms with Crippen molar-refractivity contribution in [1.29, 1.82) is 0 Å². The summed E-state index contributed by atoms with van der Waals surface area (Å²) in [6, 6.07) is 4.53. The van der Waals surface area contributed by atoms with Gasteiger partial charge in [0.05, 0.1) is 16.4 Å². The third kappa shape index (κ3) is 5.22. The van der Waals surface area contributed by atoms with E-state index in [1.807, 2.05) is 0 Å². The van der Waals surface area contributed by atoms with Crippen LogP contribution in [0.2, 0.25) is 0 Å². The highest BCUT2D eigenvalue weighted by molar-refractivity contribution is 7.92. The van der Waals surface area contributed by atoms with Gasteiger partial charge in [0.2, 0.25) is 5.91 Å². The van der Waals surface area contributed by atoms with Gasteiger partial charge in [-0.1, -0.05) is 25.1 Å². The molecule has 2 N–H and O–H groups in total. The van der Waals surface area contributed by atoms with Gasteiger partial charge in [0.15, 0.2) is 9.84 Å². The van der Waals surface area contributed by atoms with E-state index in [-0.39, 0.29) is 67.8 Å². The molecule has 2 aromatic rings. The maximum Gasteiger partial charge on any atom is 0.435 e. The first kappa shape index (κ1) is 33.6. The van der Waals surface area contributed by atoms with Crippen molar-refractivity contribution in [3.63, 3.8) is 0 Å². The van der Waals surface area contributed by atoms with Gasteiger partial charge in [-0.15, -0.1) is 0 Å². The first-order valence-electron chi connectivity index (χ1n) is 14.4. The normalized spacial score (nSPS) is 26.1. The standard InChI is InChI=1S/C30H31F8NO5S/c1-17(26(41)12-14-44-15-13-26)25(40)39-24-10-11-27(45(42,43)21-6-4-20(31)5-7-21)22-9-3-19(16-18(22)2-8-23(24)27)28(32,29(33,34)35)30(36,37)38/h3-7,9,16-17,23-24,41H,2,8,10-15H2,1H3,(H,39,40)/t17?,23-,24+,27+/m0/s1. The number of carbonyl (C=O) groups is 1. The number of benzene rings is 2. The van der Waals surface area contributed by atoms with E-state index in [0.29, 0.717) is 12.1 Å². The Kier molecular flexibility index (Phi) is 8.34. The highest BCUT2D eigenvalue weighted by Crippen LogP contribution is 2.59. The summed E-state index contributed by atoms with van der Waals surface area (Å²) in [6.07, 6.45) is -12.8. The zero-order valence-electron chi connectivity index (χ0n) is 23.9. The molecule has 4 atom stereocenters. The van der Waals surface area contributed by atoms with Crippen LogP contribution >= 0.6 is 0 Å². The van der Waals surface area contributed by atoms with E-state index >= 15 is 0 Å². The second kappa shape index (κ2) is 11.2. The molecule has 5 rings (SSSR count). The minimum atomic E-state index is -6.36. The number of hydrogen-bond donors (Lipinski definition) is 2. The molecule has 0 aromatic heterocycles. The van der Waals surface area contributed by atoms with Crippen molar-refractivity contribution in [2.45, 2.75) is 84.8 Å². The van der Waals surface area contributed by atoms with Crippen molar-refractivity contribution in [3.8, 4) is 0 Å². The molecule has 1 saturated carbocycles. The van der Waals surface area contributed by atoms with E-state index in [2.05, 4.69) is 5.32 Å². The zero-order valence-corrected chi connectivity index (χ0v) is 24.8. The number of rotatable bonds is 6. The van der Waals surface area contributed by atoms with Crippen LogP contribution in [0.1, 0.15) is 55.7 Å². The summed E-state index contributed by atoms with van der Waals surface area (Å²) in [5, 5.41) is 13.9. The smallest absolute Gasteiger partial charge is 0.389 e. The van der Waals surface area contributed by atoms with Gasteiger partial charge in [-0.05, 0) is 61.1 Å². The lowest BCUT2D eigenvalue weighted by Crippen LogP contribution is -2.54. The van der Waals surface area contributed by atoms with Gasteiger partial charge in [0, 0.05) is 43.6 Å². The van der Waals surface area contributed by atoms with Gasteiger partial charge < -0.3 is 15.2 Å². The Hall–Kier alpha value is -2.78. The lowest BCUT2D eigenvalue weighted by Gasteiger charge is -2.43. The Morgan fingerprint density at radius 1 is 0.956 bits per heavy atom. The molecule has 1 aliphatic heterocycles. The van der Waals surface area contributed by atoms with E-state index in [1.54, 1.807) is 0 Å². The van der Waals surface area contributed by atoms with Crippen LogP contribution in [-0.4, -0.2) is 56.6 Å². The van der Waals surface area contributed by atoms with Crippen molar-refractivity contribution >= 4 is 15.7 Å². The van der Waals surface area contributed by atoms with Gasteiger partial charge in [0.25, 0.3) is 0 Å². The molecule has 0 radical (unpaired) electrons. The van der Waals surface area contributed by atoms with Crippen LogP contribution in [-0.2, 0) is 36.2 Å². The Morgan fingerprint density at radius 3 is 2.13 bits per heavy atom. The number of nitrogens with one attached hydrogen (secondary N) is 1. The number of hydrogen-bond acceptors (Lipinski definition) is 5. The fraction of sp³-hybridized carbons (Fsp3) is 0.567. The van der Waals surface area contributed by atoms with E-state index < -0.39 is 73.4 Å². The Bertz CT molecular complexity index is 1540. The molecule has 3 aliphatic rings. The number of carbonyl (C=O) groups excluding carboxylic acids is 1. The Labute approximate surface area is 254 Å². The number of fused-ring (bicyclic) bond motifs is 3. The molecule has 1 amide bonds. The SMILES string of the molecule is CC(C(=O)N[C@@H]1CC[C@@]2(S(=O)(=O)c3ccc(F)cc3)c3ccc(C(F)(C(F)(F)F)C(F)(F)F)cc3CC[C@@H]12)C1(O)CCOCC1. The number of halogens is 8. The van der Waals surface area contributed by atoms with Gasteiger partial charge >= 0.3 is 18.0 Å². The maximum atomic E-state index is 15.0. The summed E-state index contributed by atoms with van der Waals surface area (Å²) in [5.74, 6) is -3.12. The van der Waals surface area contributed by atoms with E-state index in [4.69, 9.17) is 4.74 Å². The quantitative estimate of drug-likeness (QED) is 0.300. The van der Waals surface area contributed by atoms with Crippen LogP contribution in [0.4, 0.5) is 35.1 Å². The molecule has 2 aliphatic carbocycles. The monoisotopic (exact) mass is 669 g/mol. The first-order valence-corrected chi connectivity index (χ1v) is 15.8. The highest BCUT2D eigenvalue weighted by Gasteiger charge is 2.74. The molecule has 45 heavy (non-hydrogen) atoms. The van der Waals surface area contributed by atoms with Crippen LogP contribution in [0.25, 0.3) is 0 Å². The van der Waals surface area contributed by atoms with Crippen LogP contribution in [0.5, 0.6) is 0 Å². The number of amides is 1. The molecule has 2 fully saturated rings. The average molecular weight is 670 g/mol. The van der Waals surface area contributed by atoms with E-state index in [0.717, 1.165) is 30.3 Å². The molecule has 1 unspecified atom stereocenters. The fourth-order valence-corrected chi connectivity index (χ4v) is 9.73. The largest absolute Gasteiger partial charge is 0.435 e. The predicted octanol–water partition coefficient (Wildman–Crippen LogP) is 5.80. The molecular formula is C30H31F8NO5S. The van der Waals surface area contributed by atoms with Gasteiger partial charge in [-0.2, -0.15) is 26.3 Å². The lowest BCUT2D eigenvalue weighted by molar-refractivity contribution is -0.348. The minimum absolute atomic E-state index is 0.0600. The topological polar surface area (TPSA) is 92.7 Å². The number of aliphatic hydroxyl groups is 1. The number of alkyl halides is 7. The summed E-state index contributed by atoms with van der Waals surface area (Å²) >= 11 is 0. The van der Waals surface area contributed by atoms with Crippen molar-refractivity contribution in [3.05, 3.63) is 65.0 Å². The van der Waals surface area contributed by atoms with Gasteiger partial charge in [-0.25, -0.2) is 17.2 Å². The zero-order chi connectivity index (χ0) is 33.2. The van der Waals surface area contributed by atoms with E-state index in [9.17, 15) is 53.4 Å². The lowest BCUT2D eigenvalue weighted by atomic mass is 9.73. The summed E-state index contributed by atoms with van der Waals surface area (Å²) in [5.41, 5.74) is -9.12. The molecule has 15 heteroatoms. The van der Waals surface area contributed by atoms with Crippen molar-refractivity contribution in [2.75, 3.05) is 13.2 Å².